The molecule has 0 radical (unpaired) electrons. The predicted molar refractivity (Wildman–Crippen MR) is 94.5 cm³/mol. The molecule has 11 heteroatoms. The van der Waals surface area contributed by atoms with E-state index < -0.39 is 21.5 Å². The van der Waals surface area contributed by atoms with Crippen LogP contribution in [0.4, 0.5) is 5.69 Å². The fraction of sp³-hybridized carbons (Fsp3) is 0.0667. The highest BCUT2D eigenvalue weighted by Gasteiger charge is 2.33. The van der Waals surface area contributed by atoms with Gasteiger partial charge in [-0.3, -0.25) is 4.79 Å². The van der Waals surface area contributed by atoms with Gasteiger partial charge >= 0.3 is 0 Å². The molecule has 1 aliphatic heterocycles. The zero-order valence-corrected chi connectivity index (χ0v) is 15.2. The molecule has 0 atom stereocenters. The molecule has 1 N–H and O–H groups in total. The third kappa shape index (κ3) is 2.83. The van der Waals surface area contributed by atoms with E-state index in [1.54, 1.807) is 6.07 Å². The van der Waals surface area contributed by atoms with Crippen molar-refractivity contribution in [1.29, 1.82) is 0 Å². The summed E-state index contributed by atoms with van der Waals surface area (Å²) in [7, 11) is -3.65. The van der Waals surface area contributed by atoms with Crippen molar-refractivity contribution in [3.63, 3.8) is 0 Å². The maximum atomic E-state index is 12.6. The van der Waals surface area contributed by atoms with E-state index in [1.807, 2.05) is 0 Å². The lowest BCUT2D eigenvalue weighted by Gasteiger charge is -2.18. The number of rotatable bonds is 2. The molecule has 2 aromatic heterocycles. The molecule has 3 aromatic rings. The van der Waals surface area contributed by atoms with E-state index in [-0.39, 0.29) is 27.1 Å². The number of sulfone groups is 1. The van der Waals surface area contributed by atoms with Crippen LogP contribution >= 0.6 is 23.2 Å². The number of carbonyl (C=O) groups excluding carboxylic acids is 1. The van der Waals surface area contributed by atoms with Gasteiger partial charge in [0.25, 0.3) is 5.91 Å². The van der Waals surface area contributed by atoms with Crippen molar-refractivity contribution in [3.05, 3.63) is 58.1 Å². The molecule has 0 unspecified atom stereocenters. The summed E-state index contributed by atoms with van der Waals surface area (Å²) in [4.78, 5) is 16.4. The molecule has 3 heterocycles. The molecule has 0 fully saturated rings. The van der Waals surface area contributed by atoms with Crippen LogP contribution in [-0.4, -0.2) is 34.3 Å². The maximum absolute atomic E-state index is 12.6. The monoisotopic (exact) mass is 409 g/mol. The topological polar surface area (TPSA) is 107 Å². The summed E-state index contributed by atoms with van der Waals surface area (Å²) in [5.74, 6) is -0.997. The highest BCUT2D eigenvalue weighted by molar-refractivity contribution is 7.90. The zero-order valence-electron chi connectivity index (χ0n) is 12.8. The Morgan fingerprint density at radius 2 is 2.00 bits per heavy atom. The highest BCUT2D eigenvalue weighted by atomic mass is 35.5. The van der Waals surface area contributed by atoms with Gasteiger partial charge in [-0.15, -0.1) is 5.10 Å². The second-order valence-electron chi connectivity index (χ2n) is 5.49. The number of carbonyl (C=O) groups is 1. The van der Waals surface area contributed by atoms with Crippen LogP contribution in [0, 0.1) is 0 Å². The molecule has 1 aliphatic rings. The molecule has 0 saturated carbocycles. The van der Waals surface area contributed by atoms with Gasteiger partial charge in [-0.05, 0) is 30.3 Å². The summed E-state index contributed by atoms with van der Waals surface area (Å²) < 4.78 is 26.4. The highest BCUT2D eigenvalue weighted by Crippen LogP contribution is 2.32. The lowest BCUT2D eigenvalue weighted by atomic mass is 10.2. The summed E-state index contributed by atoms with van der Waals surface area (Å²) >= 11 is 11.8. The van der Waals surface area contributed by atoms with E-state index in [4.69, 9.17) is 23.2 Å². The van der Waals surface area contributed by atoms with Crippen molar-refractivity contribution >= 4 is 44.6 Å². The van der Waals surface area contributed by atoms with Crippen LogP contribution in [0.25, 0.3) is 5.69 Å². The van der Waals surface area contributed by atoms with Crippen molar-refractivity contribution in [2.24, 2.45) is 0 Å². The first-order valence-electron chi connectivity index (χ1n) is 7.25. The van der Waals surface area contributed by atoms with E-state index in [0.717, 1.165) is 0 Å². The number of halogens is 2. The van der Waals surface area contributed by atoms with Gasteiger partial charge in [0, 0.05) is 16.9 Å². The van der Waals surface area contributed by atoms with Crippen LogP contribution in [0.2, 0.25) is 10.2 Å². The normalized spacial score (nSPS) is 14.4. The van der Waals surface area contributed by atoms with E-state index in [9.17, 15) is 13.2 Å². The quantitative estimate of drug-likeness (QED) is 0.651. The average Bonchev–Trinajstić information content (AvgIpc) is 2.97. The molecule has 26 heavy (non-hydrogen) atoms. The smallest absolute Gasteiger partial charge is 0.278 e. The first-order valence-corrected chi connectivity index (χ1v) is 9.66. The van der Waals surface area contributed by atoms with Gasteiger partial charge in [-0.2, -0.15) is 0 Å². The van der Waals surface area contributed by atoms with Crippen molar-refractivity contribution < 1.29 is 13.2 Å². The summed E-state index contributed by atoms with van der Waals surface area (Å²) in [6, 6.07) is 7.37. The van der Waals surface area contributed by atoms with Crippen LogP contribution in [0.1, 0.15) is 16.2 Å². The van der Waals surface area contributed by atoms with Gasteiger partial charge in [0.2, 0.25) is 0 Å². The van der Waals surface area contributed by atoms with Crippen LogP contribution in [0.3, 0.4) is 0 Å². The van der Waals surface area contributed by atoms with Crippen LogP contribution < -0.4 is 5.32 Å². The fourth-order valence-electron chi connectivity index (χ4n) is 2.65. The zero-order chi connectivity index (χ0) is 18.5. The molecule has 0 spiro atoms. The Morgan fingerprint density at radius 1 is 1.19 bits per heavy atom. The number of pyridine rings is 1. The van der Waals surface area contributed by atoms with Gasteiger partial charge in [-0.25, -0.2) is 18.1 Å². The van der Waals surface area contributed by atoms with Gasteiger partial charge in [0.05, 0.1) is 22.0 Å². The minimum absolute atomic E-state index is 0.0900. The second kappa shape index (κ2) is 6.04. The van der Waals surface area contributed by atoms with Crippen molar-refractivity contribution in [2.45, 2.75) is 10.6 Å². The Balaban J connectivity index is 1.78. The number of aromatic nitrogens is 4. The van der Waals surface area contributed by atoms with Crippen LogP contribution in [0.15, 0.2) is 41.4 Å². The molecule has 0 saturated heterocycles. The molecular formula is C15H9Cl2N5O3S. The lowest BCUT2D eigenvalue weighted by molar-refractivity contribution is 0.102. The minimum Gasteiger partial charge on any atom is -0.320 e. The SMILES string of the molecule is O=C(Nc1ccnc(Cl)c1)c1nnn2c1CS(=O)(=O)c1ccc(Cl)cc1-2. The average molecular weight is 410 g/mol. The number of benzene rings is 1. The molecule has 1 aromatic carbocycles. The number of nitrogens with zero attached hydrogens (tertiary/aromatic N) is 4. The summed E-state index contributed by atoms with van der Waals surface area (Å²) in [5.41, 5.74) is 0.737. The Kier molecular flexibility index (Phi) is 3.94. The number of hydrogen-bond acceptors (Lipinski definition) is 6. The van der Waals surface area contributed by atoms with Gasteiger partial charge in [0.15, 0.2) is 15.5 Å². The standard InChI is InChI=1S/C15H9Cl2N5O3S/c16-8-1-2-12-10(5-8)22-11(7-26(12,24)25)14(20-21-22)15(23)19-9-3-4-18-13(17)6-9/h1-6H,7H2,(H,18,19,23). The summed E-state index contributed by atoms with van der Waals surface area (Å²) in [6.07, 6.45) is 1.43. The van der Waals surface area contributed by atoms with E-state index in [2.05, 4.69) is 20.6 Å². The molecule has 8 nitrogen and oxygen atoms in total. The Bertz CT molecular complexity index is 1160. The van der Waals surface area contributed by atoms with Gasteiger partial charge in [-0.1, -0.05) is 28.4 Å². The Hall–Kier alpha value is -2.49. The van der Waals surface area contributed by atoms with Crippen molar-refractivity contribution in [2.75, 3.05) is 5.32 Å². The third-order valence-electron chi connectivity index (χ3n) is 3.77. The van der Waals surface area contributed by atoms with E-state index in [0.29, 0.717) is 10.7 Å². The number of fused-ring (bicyclic) bond motifs is 3. The number of amides is 1. The molecule has 1 amide bonds. The predicted octanol–water partition coefficient (Wildman–Crippen LogP) is 2.51. The Morgan fingerprint density at radius 3 is 2.77 bits per heavy atom. The maximum Gasteiger partial charge on any atom is 0.278 e. The largest absolute Gasteiger partial charge is 0.320 e. The first-order chi connectivity index (χ1) is 12.3. The third-order valence-corrected chi connectivity index (χ3v) is 5.88. The molecule has 0 bridgehead atoms. The Labute approximate surface area is 157 Å². The first kappa shape index (κ1) is 17.0. The molecule has 4 rings (SSSR count). The summed E-state index contributed by atoms with van der Waals surface area (Å²) in [6.45, 7) is 0. The van der Waals surface area contributed by atoms with Crippen LogP contribution in [0.5, 0.6) is 0 Å². The van der Waals surface area contributed by atoms with Crippen molar-refractivity contribution in [1.82, 2.24) is 20.0 Å². The van der Waals surface area contributed by atoms with E-state index >= 15 is 0 Å². The summed E-state index contributed by atoms with van der Waals surface area (Å²) in [5, 5.41) is 10.9. The fourth-order valence-corrected chi connectivity index (χ4v) is 4.50. The van der Waals surface area contributed by atoms with Crippen LogP contribution in [-0.2, 0) is 15.6 Å². The lowest BCUT2D eigenvalue weighted by Crippen LogP contribution is -2.22. The number of anilines is 1. The van der Waals surface area contributed by atoms with Gasteiger partial charge < -0.3 is 5.32 Å². The number of hydrogen-bond donors (Lipinski definition) is 1. The number of nitrogens with one attached hydrogen (secondary N) is 1. The second-order valence-corrected chi connectivity index (χ2v) is 8.27. The van der Waals surface area contributed by atoms with Gasteiger partial charge in [0.1, 0.15) is 5.15 Å². The van der Waals surface area contributed by atoms with Crippen molar-refractivity contribution in [3.8, 4) is 5.69 Å². The molecular weight excluding hydrogens is 401 g/mol. The molecule has 132 valence electrons. The van der Waals surface area contributed by atoms with E-state index in [1.165, 1.54) is 35.1 Å². The molecule has 0 aliphatic carbocycles. The minimum atomic E-state index is -3.65.